The maximum Gasteiger partial charge on any atom is 0.393 e. The number of rotatable bonds is 2. The van der Waals surface area contributed by atoms with Gasteiger partial charge in [0.25, 0.3) is 0 Å². The summed E-state index contributed by atoms with van der Waals surface area (Å²) in [5, 5.41) is 2.97. The Hall–Kier alpha value is -0.940. The molecule has 3 rings (SSSR count). The zero-order valence-electron chi connectivity index (χ0n) is 13.0. The molecule has 0 spiro atoms. The summed E-state index contributed by atoms with van der Waals surface area (Å²) in [5.41, 5.74) is 0. The van der Waals surface area contributed by atoms with Crippen LogP contribution in [0, 0.1) is 23.7 Å². The van der Waals surface area contributed by atoms with E-state index in [1.165, 1.54) is 24.2 Å². The Morgan fingerprint density at radius 1 is 1.23 bits per heavy atom. The van der Waals surface area contributed by atoms with Gasteiger partial charge in [-0.05, 0) is 56.8 Å². The summed E-state index contributed by atoms with van der Waals surface area (Å²) in [6.07, 6.45) is 1.35. The van der Waals surface area contributed by atoms with Crippen LogP contribution in [0.25, 0.3) is 0 Å². The predicted octanol–water partition coefficient (Wildman–Crippen LogP) is 3.80. The summed E-state index contributed by atoms with van der Waals surface area (Å²) >= 11 is 0. The fourth-order valence-electron chi connectivity index (χ4n) is 4.73. The van der Waals surface area contributed by atoms with Crippen molar-refractivity contribution in [1.82, 2.24) is 10.2 Å². The smallest absolute Gasteiger partial charge is 0.335 e. The third-order valence-electron chi connectivity index (χ3n) is 5.96. The lowest BCUT2D eigenvalue weighted by Crippen LogP contribution is -2.52. The normalized spacial score (nSPS) is 36.5. The number of hydrogen-bond acceptors (Lipinski definition) is 1. The van der Waals surface area contributed by atoms with E-state index in [-0.39, 0.29) is 25.0 Å². The van der Waals surface area contributed by atoms with Gasteiger partial charge in [-0.25, -0.2) is 4.79 Å². The first-order chi connectivity index (χ1) is 10.3. The lowest BCUT2D eigenvalue weighted by atomic mass is 9.84. The van der Waals surface area contributed by atoms with Crippen LogP contribution in [0.4, 0.5) is 18.0 Å². The molecule has 5 unspecified atom stereocenters. The Morgan fingerprint density at radius 3 is 2.59 bits per heavy atom. The van der Waals surface area contributed by atoms with Gasteiger partial charge in [-0.2, -0.15) is 13.2 Å². The number of piperidine rings is 1. The maximum atomic E-state index is 12.8. The second-order valence-electron chi connectivity index (χ2n) is 7.40. The molecule has 1 aliphatic heterocycles. The molecule has 3 fully saturated rings. The number of likely N-dealkylation sites (tertiary alicyclic amines) is 1. The van der Waals surface area contributed by atoms with Crippen molar-refractivity contribution in [3.8, 4) is 0 Å². The van der Waals surface area contributed by atoms with Gasteiger partial charge in [0.1, 0.15) is 0 Å². The molecule has 0 radical (unpaired) electrons. The Kier molecular flexibility index (Phi) is 4.29. The highest BCUT2D eigenvalue weighted by molar-refractivity contribution is 5.74. The number of nitrogens with one attached hydrogen (secondary N) is 1. The fourth-order valence-corrected chi connectivity index (χ4v) is 4.73. The molecule has 2 saturated carbocycles. The molecule has 3 aliphatic rings. The number of halogens is 3. The van der Waals surface area contributed by atoms with Crippen molar-refractivity contribution >= 4 is 6.03 Å². The van der Waals surface area contributed by atoms with E-state index in [1.807, 2.05) is 6.92 Å². The maximum absolute atomic E-state index is 12.8. The fraction of sp³-hybridized carbons (Fsp3) is 0.938. The molecule has 1 N–H and O–H groups in total. The van der Waals surface area contributed by atoms with Gasteiger partial charge in [0.05, 0.1) is 5.92 Å². The summed E-state index contributed by atoms with van der Waals surface area (Å²) in [6.45, 7) is 2.25. The third-order valence-corrected chi connectivity index (χ3v) is 5.96. The molecule has 0 aromatic carbocycles. The van der Waals surface area contributed by atoms with E-state index in [2.05, 4.69) is 5.32 Å². The molecule has 2 bridgehead atoms. The van der Waals surface area contributed by atoms with Crippen molar-refractivity contribution in [3.05, 3.63) is 0 Å². The van der Waals surface area contributed by atoms with E-state index < -0.39 is 12.1 Å². The van der Waals surface area contributed by atoms with Gasteiger partial charge in [-0.3, -0.25) is 0 Å². The third kappa shape index (κ3) is 3.20. The Balaban J connectivity index is 1.53. The number of nitrogens with zero attached hydrogens (tertiary/aromatic N) is 1. The van der Waals surface area contributed by atoms with Gasteiger partial charge < -0.3 is 10.2 Å². The van der Waals surface area contributed by atoms with Crippen molar-refractivity contribution in [2.24, 2.45) is 23.7 Å². The first-order valence-electron chi connectivity index (χ1n) is 8.46. The molecule has 0 aromatic heterocycles. The van der Waals surface area contributed by atoms with Gasteiger partial charge in [0.2, 0.25) is 0 Å². The Bertz CT molecular complexity index is 426. The van der Waals surface area contributed by atoms with Crippen molar-refractivity contribution in [2.75, 3.05) is 13.1 Å². The summed E-state index contributed by atoms with van der Waals surface area (Å²) in [7, 11) is 0. The number of fused-ring (bicyclic) bond motifs is 2. The standard InChI is InChI=1S/C16H25F3N2O/c1-10(14-8-11-4-5-12(14)7-11)20-15(22)21-6-2-3-13(9-21)16(17,18)19/h10-14H,2-9H2,1H3,(H,20,22). The van der Waals surface area contributed by atoms with Crippen LogP contribution in [-0.4, -0.2) is 36.2 Å². The number of alkyl halides is 3. The first-order valence-corrected chi connectivity index (χ1v) is 8.46. The molecule has 5 atom stereocenters. The number of urea groups is 1. The molecule has 0 aromatic rings. The topological polar surface area (TPSA) is 32.3 Å². The largest absolute Gasteiger partial charge is 0.393 e. The van der Waals surface area contributed by atoms with Crippen LogP contribution in [0.5, 0.6) is 0 Å². The van der Waals surface area contributed by atoms with Crippen LogP contribution in [0.3, 0.4) is 0 Å². The lowest BCUT2D eigenvalue weighted by molar-refractivity contribution is -0.184. The second kappa shape index (κ2) is 5.93. The van der Waals surface area contributed by atoms with E-state index >= 15 is 0 Å². The second-order valence-corrected chi connectivity index (χ2v) is 7.40. The monoisotopic (exact) mass is 318 g/mol. The summed E-state index contributed by atoms with van der Waals surface area (Å²) in [6, 6.07) is -0.252. The zero-order chi connectivity index (χ0) is 15.9. The molecule has 126 valence electrons. The summed E-state index contributed by atoms with van der Waals surface area (Å²) < 4.78 is 38.5. The van der Waals surface area contributed by atoms with Crippen molar-refractivity contribution in [2.45, 2.75) is 57.7 Å². The van der Waals surface area contributed by atoms with Gasteiger partial charge in [0.15, 0.2) is 0 Å². The zero-order valence-corrected chi connectivity index (χ0v) is 13.0. The minimum Gasteiger partial charge on any atom is -0.335 e. The van der Waals surface area contributed by atoms with Gasteiger partial charge in [-0.1, -0.05) is 6.42 Å². The Morgan fingerprint density at radius 2 is 2.00 bits per heavy atom. The lowest BCUT2D eigenvalue weighted by Gasteiger charge is -2.36. The average molecular weight is 318 g/mol. The van der Waals surface area contributed by atoms with Crippen LogP contribution in [0.2, 0.25) is 0 Å². The molecule has 1 heterocycles. The van der Waals surface area contributed by atoms with E-state index in [0.29, 0.717) is 24.8 Å². The molecule has 2 aliphatic carbocycles. The van der Waals surface area contributed by atoms with Gasteiger partial charge in [-0.15, -0.1) is 0 Å². The van der Waals surface area contributed by atoms with Gasteiger partial charge >= 0.3 is 12.2 Å². The first kappa shape index (κ1) is 15.9. The van der Waals surface area contributed by atoms with Crippen molar-refractivity contribution in [1.29, 1.82) is 0 Å². The van der Waals surface area contributed by atoms with Crippen LogP contribution in [0.1, 0.15) is 45.4 Å². The van der Waals surface area contributed by atoms with E-state index in [1.54, 1.807) is 0 Å². The average Bonchev–Trinajstić information content (AvgIpc) is 3.09. The number of carbonyl (C=O) groups is 1. The molecule has 2 amide bonds. The minimum absolute atomic E-state index is 0.0639. The molecule has 1 saturated heterocycles. The van der Waals surface area contributed by atoms with Crippen LogP contribution in [-0.2, 0) is 0 Å². The van der Waals surface area contributed by atoms with Crippen molar-refractivity contribution in [3.63, 3.8) is 0 Å². The molecule has 3 nitrogen and oxygen atoms in total. The van der Waals surface area contributed by atoms with Crippen LogP contribution < -0.4 is 5.32 Å². The SMILES string of the molecule is CC(NC(=O)N1CCCC(C(F)(F)F)C1)C1CC2CCC1C2. The summed E-state index contributed by atoms with van der Waals surface area (Å²) in [4.78, 5) is 13.6. The highest BCUT2D eigenvalue weighted by Crippen LogP contribution is 2.49. The molecule has 6 heteroatoms. The number of amides is 2. The minimum atomic E-state index is -4.20. The summed E-state index contributed by atoms with van der Waals surface area (Å²) in [5.74, 6) is 0.638. The Labute approximate surface area is 129 Å². The van der Waals surface area contributed by atoms with E-state index in [4.69, 9.17) is 0 Å². The van der Waals surface area contributed by atoms with E-state index in [0.717, 1.165) is 12.3 Å². The van der Waals surface area contributed by atoms with Crippen molar-refractivity contribution < 1.29 is 18.0 Å². The number of hydrogen-bond donors (Lipinski definition) is 1. The molecule has 22 heavy (non-hydrogen) atoms. The highest BCUT2D eigenvalue weighted by Gasteiger charge is 2.44. The highest BCUT2D eigenvalue weighted by atomic mass is 19.4. The predicted molar refractivity (Wildman–Crippen MR) is 77.3 cm³/mol. The van der Waals surface area contributed by atoms with Crippen LogP contribution >= 0.6 is 0 Å². The molecular weight excluding hydrogens is 293 g/mol. The number of carbonyl (C=O) groups excluding carboxylic acids is 1. The quantitative estimate of drug-likeness (QED) is 0.825. The van der Waals surface area contributed by atoms with Gasteiger partial charge in [0, 0.05) is 19.1 Å². The van der Waals surface area contributed by atoms with E-state index in [9.17, 15) is 18.0 Å². The van der Waals surface area contributed by atoms with Crippen LogP contribution in [0.15, 0.2) is 0 Å². The molecular formula is C16H25F3N2O.